The van der Waals surface area contributed by atoms with Gasteiger partial charge in [0.15, 0.2) is 0 Å². The number of nitrogens with zero attached hydrogens (tertiary/aromatic N) is 2. The highest BCUT2D eigenvalue weighted by atomic mass is 32.1. The van der Waals surface area contributed by atoms with E-state index in [0.29, 0.717) is 12.1 Å². The fraction of sp³-hybridized carbons (Fsp3) is 0.714. The van der Waals surface area contributed by atoms with Gasteiger partial charge in [-0.15, -0.1) is 11.3 Å². The molecule has 5 heteroatoms. The van der Waals surface area contributed by atoms with Crippen LogP contribution in [0.1, 0.15) is 17.3 Å². The summed E-state index contributed by atoms with van der Waals surface area (Å²) in [6, 6.07) is 5.44. The van der Waals surface area contributed by atoms with E-state index < -0.39 is 0 Å². The topological polar surface area (TPSA) is 41.7 Å². The molecule has 2 fully saturated rings. The van der Waals surface area contributed by atoms with Crippen LogP contribution in [0.2, 0.25) is 0 Å². The van der Waals surface area contributed by atoms with Crippen molar-refractivity contribution in [1.82, 2.24) is 9.80 Å². The first kappa shape index (κ1) is 13.5. The lowest BCUT2D eigenvalue weighted by atomic mass is 10.2. The molecule has 2 atom stereocenters. The highest BCUT2D eigenvalue weighted by molar-refractivity contribution is 7.10. The quantitative estimate of drug-likeness (QED) is 0.899. The molecule has 1 aromatic heterocycles. The van der Waals surface area contributed by atoms with E-state index in [9.17, 15) is 0 Å². The minimum absolute atomic E-state index is 0.408. The number of hydrogen-bond donors (Lipinski definition) is 1. The van der Waals surface area contributed by atoms with Crippen molar-refractivity contribution in [2.45, 2.75) is 18.5 Å². The molecule has 2 aliphatic rings. The van der Waals surface area contributed by atoms with Gasteiger partial charge in [-0.25, -0.2) is 0 Å². The summed E-state index contributed by atoms with van der Waals surface area (Å²) in [6.45, 7) is 7.00. The van der Waals surface area contributed by atoms with Crippen LogP contribution >= 0.6 is 11.3 Å². The van der Waals surface area contributed by atoms with E-state index in [1.165, 1.54) is 17.8 Å². The lowest BCUT2D eigenvalue weighted by Gasteiger charge is -2.33. The van der Waals surface area contributed by atoms with Crippen molar-refractivity contribution in [3.05, 3.63) is 22.4 Å². The summed E-state index contributed by atoms with van der Waals surface area (Å²) in [6.07, 6.45) is 1.27. The first-order chi connectivity index (χ1) is 9.38. The lowest BCUT2D eigenvalue weighted by molar-refractivity contribution is 0.0177. The van der Waals surface area contributed by atoms with Crippen LogP contribution in [0.4, 0.5) is 0 Å². The van der Waals surface area contributed by atoms with E-state index in [2.05, 4.69) is 27.3 Å². The Morgan fingerprint density at radius 1 is 1.37 bits per heavy atom. The highest BCUT2D eigenvalue weighted by Crippen LogP contribution is 2.29. The zero-order chi connectivity index (χ0) is 13.1. The Bertz CT molecular complexity index is 378. The molecule has 0 aromatic carbocycles. The molecule has 0 bridgehead atoms. The second kappa shape index (κ2) is 6.33. The van der Waals surface area contributed by atoms with Crippen molar-refractivity contribution in [1.29, 1.82) is 0 Å². The molecule has 3 rings (SSSR count). The van der Waals surface area contributed by atoms with Gasteiger partial charge in [0.2, 0.25) is 0 Å². The summed E-state index contributed by atoms with van der Waals surface area (Å²) >= 11 is 1.82. The number of rotatable bonds is 4. The fourth-order valence-corrected chi connectivity index (χ4v) is 4.09. The van der Waals surface area contributed by atoms with E-state index in [4.69, 9.17) is 10.5 Å². The third kappa shape index (κ3) is 3.01. The van der Waals surface area contributed by atoms with Crippen molar-refractivity contribution in [2.24, 2.45) is 5.73 Å². The summed E-state index contributed by atoms with van der Waals surface area (Å²) < 4.78 is 5.44. The Morgan fingerprint density at radius 2 is 2.21 bits per heavy atom. The fourth-order valence-electron chi connectivity index (χ4n) is 3.22. The standard InChI is InChI=1S/C14H23N3OS/c15-10-13(14-2-1-9-19-14)17-4-3-12(11-17)16-5-7-18-8-6-16/h1-2,9,12-13H,3-8,10-11,15H2. The van der Waals surface area contributed by atoms with Crippen LogP contribution in [0.15, 0.2) is 17.5 Å². The van der Waals surface area contributed by atoms with Gasteiger partial charge in [0.25, 0.3) is 0 Å². The number of thiophene rings is 1. The van der Waals surface area contributed by atoms with Crippen LogP contribution in [0, 0.1) is 0 Å². The minimum atomic E-state index is 0.408. The molecule has 2 unspecified atom stereocenters. The third-order valence-corrected chi connectivity index (χ3v) is 5.27. The number of ether oxygens (including phenoxy) is 1. The summed E-state index contributed by atoms with van der Waals surface area (Å²) in [5.41, 5.74) is 6.00. The Morgan fingerprint density at radius 3 is 2.89 bits per heavy atom. The maximum absolute atomic E-state index is 6.00. The van der Waals surface area contributed by atoms with E-state index in [-0.39, 0.29) is 0 Å². The largest absolute Gasteiger partial charge is 0.379 e. The molecule has 2 aliphatic heterocycles. The normalized spacial score (nSPS) is 27.7. The van der Waals surface area contributed by atoms with Crippen LogP contribution in [-0.4, -0.2) is 61.8 Å². The van der Waals surface area contributed by atoms with Crippen molar-refractivity contribution in [2.75, 3.05) is 45.9 Å². The van der Waals surface area contributed by atoms with Gasteiger partial charge in [-0.3, -0.25) is 9.80 Å². The third-order valence-electron chi connectivity index (χ3n) is 4.29. The van der Waals surface area contributed by atoms with Crippen LogP contribution in [0.5, 0.6) is 0 Å². The van der Waals surface area contributed by atoms with Crippen molar-refractivity contribution in [3.63, 3.8) is 0 Å². The van der Waals surface area contributed by atoms with E-state index >= 15 is 0 Å². The maximum atomic E-state index is 6.00. The van der Waals surface area contributed by atoms with Gasteiger partial charge in [-0.1, -0.05) is 6.07 Å². The maximum Gasteiger partial charge on any atom is 0.0594 e. The van der Waals surface area contributed by atoms with Crippen LogP contribution in [-0.2, 0) is 4.74 Å². The second-order valence-electron chi connectivity index (χ2n) is 5.35. The molecule has 4 nitrogen and oxygen atoms in total. The molecule has 106 valence electrons. The summed E-state index contributed by atoms with van der Waals surface area (Å²) in [4.78, 5) is 6.56. The lowest BCUT2D eigenvalue weighted by Crippen LogP contribution is -2.45. The van der Waals surface area contributed by atoms with Crippen LogP contribution in [0.25, 0.3) is 0 Å². The Hall–Kier alpha value is -0.460. The van der Waals surface area contributed by atoms with Gasteiger partial charge in [0, 0.05) is 43.6 Å². The van der Waals surface area contributed by atoms with Gasteiger partial charge in [-0.2, -0.15) is 0 Å². The van der Waals surface area contributed by atoms with Crippen LogP contribution < -0.4 is 5.73 Å². The smallest absolute Gasteiger partial charge is 0.0594 e. The van der Waals surface area contributed by atoms with Crippen molar-refractivity contribution < 1.29 is 4.74 Å². The van der Waals surface area contributed by atoms with Gasteiger partial charge < -0.3 is 10.5 Å². The number of nitrogens with two attached hydrogens (primary N) is 1. The first-order valence-electron chi connectivity index (χ1n) is 7.18. The molecule has 3 heterocycles. The minimum Gasteiger partial charge on any atom is -0.379 e. The Labute approximate surface area is 119 Å². The molecule has 2 N–H and O–H groups in total. The molecule has 0 spiro atoms. The van der Waals surface area contributed by atoms with E-state index in [1.807, 2.05) is 11.3 Å². The van der Waals surface area contributed by atoms with Crippen LogP contribution in [0.3, 0.4) is 0 Å². The molecular weight excluding hydrogens is 258 g/mol. The van der Waals surface area contributed by atoms with Gasteiger partial charge >= 0.3 is 0 Å². The van der Waals surface area contributed by atoms with E-state index in [0.717, 1.165) is 39.4 Å². The van der Waals surface area contributed by atoms with Crippen molar-refractivity contribution in [3.8, 4) is 0 Å². The molecule has 1 aromatic rings. The van der Waals surface area contributed by atoms with Crippen molar-refractivity contribution >= 4 is 11.3 Å². The molecule has 0 saturated carbocycles. The summed E-state index contributed by atoms with van der Waals surface area (Å²) in [5, 5.41) is 2.15. The summed E-state index contributed by atoms with van der Waals surface area (Å²) in [7, 11) is 0. The first-order valence-corrected chi connectivity index (χ1v) is 8.06. The molecule has 19 heavy (non-hydrogen) atoms. The second-order valence-corrected chi connectivity index (χ2v) is 6.33. The average molecular weight is 281 g/mol. The molecule has 2 saturated heterocycles. The molecular formula is C14H23N3OS. The predicted molar refractivity (Wildman–Crippen MR) is 78.5 cm³/mol. The Balaban J connectivity index is 1.61. The monoisotopic (exact) mass is 281 g/mol. The zero-order valence-electron chi connectivity index (χ0n) is 11.3. The zero-order valence-corrected chi connectivity index (χ0v) is 12.1. The number of morpholine rings is 1. The predicted octanol–water partition coefficient (Wildman–Crippen LogP) is 1.15. The summed E-state index contributed by atoms with van der Waals surface area (Å²) in [5.74, 6) is 0. The molecule has 0 amide bonds. The SMILES string of the molecule is NCC(c1cccs1)N1CCC(N2CCOCC2)C1. The van der Waals surface area contributed by atoms with E-state index in [1.54, 1.807) is 0 Å². The number of hydrogen-bond acceptors (Lipinski definition) is 5. The highest BCUT2D eigenvalue weighted by Gasteiger charge is 2.32. The van der Waals surface area contributed by atoms with Gasteiger partial charge in [0.1, 0.15) is 0 Å². The molecule has 0 radical (unpaired) electrons. The van der Waals surface area contributed by atoms with Gasteiger partial charge in [0.05, 0.1) is 19.3 Å². The average Bonchev–Trinajstić information content (AvgIpc) is 3.12. The number of likely N-dealkylation sites (tertiary alicyclic amines) is 1. The molecule has 0 aliphatic carbocycles. The van der Waals surface area contributed by atoms with Gasteiger partial charge in [-0.05, 0) is 17.9 Å². The Kier molecular flexibility index (Phi) is 4.50.